The highest BCUT2D eigenvalue weighted by molar-refractivity contribution is 6.18. The Morgan fingerprint density at radius 1 is 1.20 bits per heavy atom. The maximum atomic E-state index is 12.3. The highest BCUT2D eigenvalue weighted by Gasteiger charge is 2.47. The van der Waals surface area contributed by atoms with Gasteiger partial charge in [0.15, 0.2) is 0 Å². The van der Waals surface area contributed by atoms with E-state index < -0.39 is 42.0 Å². The topological polar surface area (TPSA) is 141 Å². The molecule has 0 aromatic rings. The zero-order valence-corrected chi connectivity index (χ0v) is 24.9. The Kier molecular flexibility index (Phi) is 13.3. The molecule has 0 aromatic carbocycles. The summed E-state index contributed by atoms with van der Waals surface area (Å²) < 4.78 is 21.8. The molecule has 0 aromatic heterocycles. The Labute approximate surface area is 241 Å². The smallest absolute Gasteiger partial charge is 0.308 e. The summed E-state index contributed by atoms with van der Waals surface area (Å²) in [5, 5.41) is 24.4. The van der Waals surface area contributed by atoms with Gasteiger partial charge in [-0.15, -0.1) is 11.6 Å². The fraction of sp³-hybridized carbons (Fsp3) is 0.690. The van der Waals surface area contributed by atoms with Crippen LogP contribution in [0.3, 0.4) is 0 Å². The number of amides is 1. The van der Waals surface area contributed by atoms with Gasteiger partial charge in [-0.1, -0.05) is 30.7 Å². The zero-order valence-electron chi connectivity index (χ0n) is 24.2. The number of carbonyl (C=O) groups excluding carboxylic acids is 3. The van der Waals surface area contributed by atoms with Crippen molar-refractivity contribution < 1.29 is 43.5 Å². The summed E-state index contributed by atoms with van der Waals surface area (Å²) in [4.78, 5) is 35.1. The maximum absolute atomic E-state index is 12.3. The number of esters is 2. The molecule has 0 bridgehead atoms. The molecule has 0 aliphatic carbocycles. The number of rotatable bonds is 11. The first-order chi connectivity index (χ1) is 18.8. The van der Waals surface area contributed by atoms with E-state index in [9.17, 15) is 24.6 Å². The second-order valence-electron chi connectivity index (χ2n) is 10.8. The summed E-state index contributed by atoms with van der Waals surface area (Å²) in [7, 11) is 1.28. The van der Waals surface area contributed by atoms with Gasteiger partial charge >= 0.3 is 11.9 Å². The van der Waals surface area contributed by atoms with E-state index in [0.717, 1.165) is 12.0 Å². The number of allylic oxidation sites excluding steroid dienone is 2. The average Bonchev–Trinajstić information content (AvgIpc) is 2.89. The van der Waals surface area contributed by atoms with Crippen molar-refractivity contribution in [3.8, 4) is 0 Å². The molecule has 0 saturated carbocycles. The zero-order chi connectivity index (χ0) is 30.0. The van der Waals surface area contributed by atoms with E-state index in [2.05, 4.69) is 12.2 Å². The molecule has 3 N–H and O–H groups in total. The summed E-state index contributed by atoms with van der Waals surface area (Å²) in [5.41, 5.74) is -0.680. The van der Waals surface area contributed by atoms with E-state index in [4.69, 9.17) is 30.5 Å². The Balaban J connectivity index is 1.94. The van der Waals surface area contributed by atoms with Gasteiger partial charge in [-0.05, 0) is 45.6 Å². The van der Waals surface area contributed by atoms with E-state index in [-0.39, 0.29) is 48.8 Å². The van der Waals surface area contributed by atoms with E-state index >= 15 is 0 Å². The predicted octanol–water partition coefficient (Wildman–Crippen LogP) is 2.74. The predicted molar refractivity (Wildman–Crippen MR) is 150 cm³/mol. The van der Waals surface area contributed by atoms with Gasteiger partial charge in [-0.3, -0.25) is 14.4 Å². The van der Waals surface area contributed by atoms with E-state index in [1.807, 2.05) is 19.9 Å². The number of ether oxygens (including phenoxy) is 4. The molecular weight excluding hydrogens is 542 g/mol. The van der Waals surface area contributed by atoms with Crippen molar-refractivity contribution in [3.05, 3.63) is 36.0 Å². The molecule has 2 heterocycles. The van der Waals surface area contributed by atoms with Crippen LogP contribution in [0.1, 0.15) is 60.3 Å². The number of methoxy groups -OCH3 is 1. The molecule has 2 aliphatic heterocycles. The van der Waals surface area contributed by atoms with Crippen molar-refractivity contribution in [2.24, 2.45) is 5.92 Å². The van der Waals surface area contributed by atoms with Crippen molar-refractivity contribution in [1.82, 2.24) is 5.32 Å². The van der Waals surface area contributed by atoms with Crippen LogP contribution in [-0.2, 0) is 33.3 Å². The summed E-state index contributed by atoms with van der Waals surface area (Å²) in [5.74, 6) is -1.17. The van der Waals surface area contributed by atoms with Gasteiger partial charge in [0, 0.05) is 19.4 Å². The average molecular weight is 586 g/mol. The van der Waals surface area contributed by atoms with Crippen molar-refractivity contribution in [1.29, 1.82) is 0 Å². The van der Waals surface area contributed by atoms with Gasteiger partial charge in [0.25, 0.3) is 0 Å². The lowest BCUT2D eigenvalue weighted by Gasteiger charge is -2.43. The van der Waals surface area contributed by atoms with Crippen LogP contribution in [0, 0.1) is 5.92 Å². The van der Waals surface area contributed by atoms with Gasteiger partial charge in [0.1, 0.15) is 23.9 Å². The van der Waals surface area contributed by atoms with E-state index in [1.54, 1.807) is 19.1 Å². The Bertz CT molecular complexity index is 967. The molecule has 1 unspecified atom stereocenters. The van der Waals surface area contributed by atoms with Crippen molar-refractivity contribution in [3.63, 3.8) is 0 Å². The molecule has 226 valence electrons. The molecule has 9 atom stereocenters. The lowest BCUT2D eigenvalue weighted by atomic mass is 9.84. The normalized spacial score (nSPS) is 34.0. The second kappa shape index (κ2) is 15.7. The third-order valence-electron chi connectivity index (χ3n) is 7.28. The van der Waals surface area contributed by atoms with Crippen molar-refractivity contribution in [2.45, 2.75) is 109 Å². The summed E-state index contributed by atoms with van der Waals surface area (Å²) in [6.07, 6.45) is 6.26. The first-order valence-corrected chi connectivity index (χ1v) is 14.2. The Morgan fingerprint density at radius 2 is 1.90 bits per heavy atom. The number of aliphatic hydroxyl groups is 2. The van der Waals surface area contributed by atoms with Crippen LogP contribution in [0.5, 0.6) is 0 Å². The first kappa shape index (κ1) is 34.0. The number of aliphatic hydroxyl groups excluding tert-OH is 1. The van der Waals surface area contributed by atoms with Gasteiger partial charge in [-0.25, -0.2) is 0 Å². The molecule has 10 nitrogen and oxygen atoms in total. The molecule has 0 spiro atoms. The number of halogens is 1. The van der Waals surface area contributed by atoms with Crippen molar-refractivity contribution in [2.75, 3.05) is 13.0 Å². The van der Waals surface area contributed by atoms with Crippen LogP contribution in [-0.4, -0.2) is 89.3 Å². The number of nitrogens with one attached hydrogen (secondary N) is 1. The standard InChI is InChI=1S/C29H44ClNO9/c1-17(8-11-25-28(35)29(36,16-30)15-22(40-25)14-27(34)37-6)7-10-24-18(2)13-23(20(4)39-24)31-26(33)12-9-19(3)38-21(5)32/h7-9,11-12,18-20,22-25,28,35-36H,10,13-16H2,1-6H3,(H,31,33)/b11-8+,12-9-,17-7+/t18-,19?,20+,22+,23+,24-,25+,28+,29+/m0/s1. The van der Waals surface area contributed by atoms with Crippen LogP contribution < -0.4 is 5.32 Å². The molecular formula is C29H44ClNO9. The summed E-state index contributed by atoms with van der Waals surface area (Å²) in [6, 6.07) is -0.152. The fourth-order valence-electron chi connectivity index (χ4n) is 4.92. The SMILES string of the molecule is COC(=O)C[C@@H]1C[C@@](O)(CCl)[C@H](O)[C@@H](/C=C/C(C)=C/C[C@@H]2O[C@H](C)[C@H](NC(=O)/C=C\C(C)OC(C)=O)C[C@@H]2C)O1. The Morgan fingerprint density at radius 3 is 2.52 bits per heavy atom. The van der Waals surface area contributed by atoms with Gasteiger partial charge < -0.3 is 34.5 Å². The van der Waals surface area contributed by atoms with Gasteiger partial charge in [0.05, 0.1) is 43.8 Å². The molecule has 2 saturated heterocycles. The van der Waals surface area contributed by atoms with Crippen LogP contribution in [0.25, 0.3) is 0 Å². The van der Waals surface area contributed by atoms with Crippen molar-refractivity contribution >= 4 is 29.4 Å². The number of carbonyl (C=O) groups is 3. The summed E-state index contributed by atoms with van der Waals surface area (Å²) in [6.45, 7) is 8.91. The first-order valence-electron chi connectivity index (χ1n) is 13.6. The number of alkyl halides is 1. The highest BCUT2D eigenvalue weighted by Crippen LogP contribution is 2.33. The van der Waals surface area contributed by atoms with E-state index in [0.29, 0.717) is 6.42 Å². The summed E-state index contributed by atoms with van der Waals surface area (Å²) >= 11 is 5.95. The fourth-order valence-corrected chi connectivity index (χ4v) is 5.19. The third kappa shape index (κ3) is 10.3. The van der Waals surface area contributed by atoms with Crippen LogP contribution >= 0.6 is 11.6 Å². The lowest BCUT2D eigenvalue weighted by Crippen LogP contribution is -2.58. The van der Waals surface area contributed by atoms with Crippen LogP contribution in [0.2, 0.25) is 0 Å². The number of hydrogen-bond acceptors (Lipinski definition) is 9. The highest BCUT2D eigenvalue weighted by atomic mass is 35.5. The van der Waals surface area contributed by atoms with Gasteiger partial charge in [-0.2, -0.15) is 0 Å². The number of hydrogen-bond donors (Lipinski definition) is 3. The monoisotopic (exact) mass is 585 g/mol. The minimum atomic E-state index is -1.59. The molecule has 40 heavy (non-hydrogen) atoms. The van der Waals surface area contributed by atoms with Crippen LogP contribution in [0.4, 0.5) is 0 Å². The Hall–Kier alpha value is -2.24. The largest absolute Gasteiger partial charge is 0.469 e. The second-order valence-corrected chi connectivity index (χ2v) is 11.1. The quantitative estimate of drug-likeness (QED) is 0.144. The molecule has 2 rings (SSSR count). The minimum absolute atomic E-state index is 0.0200. The minimum Gasteiger partial charge on any atom is -0.469 e. The van der Waals surface area contributed by atoms with E-state index in [1.165, 1.54) is 26.2 Å². The molecule has 11 heteroatoms. The maximum Gasteiger partial charge on any atom is 0.308 e. The third-order valence-corrected chi connectivity index (χ3v) is 7.74. The molecule has 2 aliphatic rings. The van der Waals surface area contributed by atoms with Gasteiger partial charge in [0.2, 0.25) is 5.91 Å². The molecule has 2 fully saturated rings. The van der Waals surface area contributed by atoms with Crippen LogP contribution in [0.15, 0.2) is 36.0 Å². The molecule has 0 radical (unpaired) electrons. The molecule has 1 amide bonds. The lowest BCUT2D eigenvalue weighted by molar-refractivity contribution is -0.197.